The Bertz CT molecular complexity index is 321. The van der Waals surface area contributed by atoms with Crippen molar-refractivity contribution in [2.24, 2.45) is 0 Å². The Morgan fingerprint density at radius 2 is 2.44 bits per heavy atom. The van der Waals surface area contributed by atoms with Crippen LogP contribution in [0.4, 0.5) is 0 Å². The van der Waals surface area contributed by atoms with Crippen LogP contribution >= 0.6 is 0 Å². The van der Waals surface area contributed by atoms with Gasteiger partial charge in [0.05, 0.1) is 6.61 Å². The maximum absolute atomic E-state index is 5.48. The Hall–Kier alpha value is -1.06. The standard InChI is InChI=1S/C13H20N2O/c1-2-16-13-5-3-4-11(8-13)9-15-12-6-7-14-10-12/h3-5,8,12,14-15H,2,6-7,9-10H2,1H3. The zero-order valence-corrected chi connectivity index (χ0v) is 9.83. The Labute approximate surface area is 97.2 Å². The Morgan fingerprint density at radius 3 is 3.19 bits per heavy atom. The molecule has 1 atom stereocenters. The molecule has 1 unspecified atom stereocenters. The normalized spacial score (nSPS) is 19.9. The van der Waals surface area contributed by atoms with Crippen molar-refractivity contribution in [1.82, 2.24) is 10.6 Å². The van der Waals surface area contributed by atoms with Crippen molar-refractivity contribution in [1.29, 1.82) is 0 Å². The molecule has 0 amide bonds. The van der Waals surface area contributed by atoms with Gasteiger partial charge < -0.3 is 15.4 Å². The van der Waals surface area contributed by atoms with Gasteiger partial charge in [0.1, 0.15) is 5.75 Å². The van der Waals surface area contributed by atoms with Crippen molar-refractivity contribution in [3.05, 3.63) is 29.8 Å². The molecule has 0 radical (unpaired) electrons. The number of benzene rings is 1. The highest BCUT2D eigenvalue weighted by atomic mass is 16.5. The average Bonchev–Trinajstić information content (AvgIpc) is 2.80. The molecule has 1 heterocycles. The van der Waals surface area contributed by atoms with Crippen LogP contribution in [0.25, 0.3) is 0 Å². The quantitative estimate of drug-likeness (QED) is 0.789. The molecule has 88 valence electrons. The molecule has 3 heteroatoms. The highest BCUT2D eigenvalue weighted by molar-refractivity contribution is 5.28. The molecule has 1 aromatic carbocycles. The summed E-state index contributed by atoms with van der Waals surface area (Å²) in [7, 11) is 0. The topological polar surface area (TPSA) is 33.3 Å². The SMILES string of the molecule is CCOc1cccc(CNC2CCNC2)c1. The van der Waals surface area contributed by atoms with Gasteiger partial charge in [-0.1, -0.05) is 12.1 Å². The predicted octanol–water partition coefficient (Wildman–Crippen LogP) is 1.54. The molecule has 2 N–H and O–H groups in total. The Kier molecular flexibility index (Phi) is 4.19. The molecule has 1 aromatic rings. The van der Waals surface area contributed by atoms with Crippen LogP contribution in [0.2, 0.25) is 0 Å². The van der Waals surface area contributed by atoms with Crippen molar-refractivity contribution >= 4 is 0 Å². The summed E-state index contributed by atoms with van der Waals surface area (Å²) in [6.45, 7) is 5.88. The van der Waals surface area contributed by atoms with E-state index >= 15 is 0 Å². The van der Waals surface area contributed by atoms with E-state index in [1.54, 1.807) is 0 Å². The van der Waals surface area contributed by atoms with E-state index < -0.39 is 0 Å². The summed E-state index contributed by atoms with van der Waals surface area (Å²) >= 11 is 0. The molecule has 2 rings (SSSR count). The molecule has 3 nitrogen and oxygen atoms in total. The highest BCUT2D eigenvalue weighted by Gasteiger charge is 2.12. The van der Waals surface area contributed by atoms with Crippen LogP contribution < -0.4 is 15.4 Å². The summed E-state index contributed by atoms with van der Waals surface area (Å²) < 4.78 is 5.48. The third kappa shape index (κ3) is 3.22. The van der Waals surface area contributed by atoms with Gasteiger partial charge in [-0.3, -0.25) is 0 Å². The molecule has 0 saturated carbocycles. The first kappa shape index (κ1) is 11.4. The summed E-state index contributed by atoms with van der Waals surface area (Å²) in [5.74, 6) is 0.964. The van der Waals surface area contributed by atoms with Gasteiger partial charge in [-0.15, -0.1) is 0 Å². The van der Waals surface area contributed by atoms with E-state index in [0.717, 1.165) is 32.0 Å². The van der Waals surface area contributed by atoms with Gasteiger partial charge in [-0.2, -0.15) is 0 Å². The number of hydrogen-bond donors (Lipinski definition) is 2. The van der Waals surface area contributed by atoms with Crippen LogP contribution in [-0.4, -0.2) is 25.7 Å². The lowest BCUT2D eigenvalue weighted by atomic mass is 10.2. The monoisotopic (exact) mass is 220 g/mol. The van der Waals surface area contributed by atoms with Crippen LogP contribution in [0, 0.1) is 0 Å². The van der Waals surface area contributed by atoms with Crippen molar-refractivity contribution in [3.63, 3.8) is 0 Å². The molecular formula is C13H20N2O. The van der Waals surface area contributed by atoms with E-state index in [0.29, 0.717) is 6.04 Å². The van der Waals surface area contributed by atoms with E-state index in [-0.39, 0.29) is 0 Å². The zero-order chi connectivity index (χ0) is 11.2. The van der Waals surface area contributed by atoms with Crippen LogP contribution in [0.5, 0.6) is 5.75 Å². The van der Waals surface area contributed by atoms with E-state index in [4.69, 9.17) is 4.74 Å². The fraction of sp³-hybridized carbons (Fsp3) is 0.538. The fourth-order valence-corrected chi connectivity index (χ4v) is 2.00. The molecule has 0 spiro atoms. The lowest BCUT2D eigenvalue weighted by molar-refractivity contribution is 0.339. The number of rotatable bonds is 5. The van der Waals surface area contributed by atoms with Crippen LogP contribution in [0.3, 0.4) is 0 Å². The van der Waals surface area contributed by atoms with Crippen molar-refractivity contribution in [2.75, 3.05) is 19.7 Å². The minimum absolute atomic E-state index is 0.621. The van der Waals surface area contributed by atoms with Gasteiger partial charge in [0, 0.05) is 19.1 Å². The lowest BCUT2D eigenvalue weighted by Gasteiger charge is -2.12. The number of nitrogens with one attached hydrogen (secondary N) is 2. The van der Waals surface area contributed by atoms with Gasteiger partial charge in [-0.25, -0.2) is 0 Å². The molecule has 1 aliphatic rings. The van der Waals surface area contributed by atoms with Crippen LogP contribution in [0.1, 0.15) is 18.9 Å². The third-order valence-electron chi connectivity index (χ3n) is 2.86. The van der Waals surface area contributed by atoms with Crippen molar-refractivity contribution < 1.29 is 4.74 Å². The van der Waals surface area contributed by atoms with Gasteiger partial charge in [0.25, 0.3) is 0 Å². The maximum atomic E-state index is 5.48. The average molecular weight is 220 g/mol. The van der Waals surface area contributed by atoms with Gasteiger partial charge in [0.2, 0.25) is 0 Å². The maximum Gasteiger partial charge on any atom is 0.119 e. The van der Waals surface area contributed by atoms with E-state index in [1.165, 1.54) is 12.0 Å². The second-order valence-corrected chi connectivity index (χ2v) is 4.15. The number of hydrogen-bond acceptors (Lipinski definition) is 3. The molecule has 0 bridgehead atoms. The highest BCUT2D eigenvalue weighted by Crippen LogP contribution is 2.13. The summed E-state index contributed by atoms with van der Waals surface area (Å²) in [6.07, 6.45) is 1.23. The van der Waals surface area contributed by atoms with Crippen molar-refractivity contribution in [3.8, 4) is 5.75 Å². The van der Waals surface area contributed by atoms with Crippen LogP contribution in [-0.2, 0) is 6.54 Å². The zero-order valence-electron chi connectivity index (χ0n) is 9.83. The third-order valence-corrected chi connectivity index (χ3v) is 2.86. The minimum Gasteiger partial charge on any atom is -0.494 e. The van der Waals surface area contributed by atoms with Gasteiger partial charge in [0.15, 0.2) is 0 Å². The lowest BCUT2D eigenvalue weighted by Crippen LogP contribution is -2.30. The molecule has 1 aliphatic heterocycles. The van der Waals surface area contributed by atoms with E-state index in [9.17, 15) is 0 Å². The summed E-state index contributed by atoms with van der Waals surface area (Å²) in [6, 6.07) is 8.92. The molecule has 0 aromatic heterocycles. The van der Waals surface area contributed by atoms with Crippen molar-refractivity contribution in [2.45, 2.75) is 25.9 Å². The van der Waals surface area contributed by atoms with E-state index in [1.807, 2.05) is 13.0 Å². The second-order valence-electron chi connectivity index (χ2n) is 4.15. The molecular weight excluding hydrogens is 200 g/mol. The smallest absolute Gasteiger partial charge is 0.119 e. The molecule has 16 heavy (non-hydrogen) atoms. The van der Waals surface area contributed by atoms with Gasteiger partial charge >= 0.3 is 0 Å². The second kappa shape index (κ2) is 5.87. The molecule has 1 fully saturated rings. The van der Waals surface area contributed by atoms with Gasteiger partial charge in [-0.05, 0) is 37.6 Å². The Balaban J connectivity index is 1.85. The Morgan fingerprint density at radius 1 is 1.50 bits per heavy atom. The van der Waals surface area contributed by atoms with E-state index in [2.05, 4.69) is 28.8 Å². The number of ether oxygens (including phenoxy) is 1. The summed E-state index contributed by atoms with van der Waals surface area (Å²) in [5.41, 5.74) is 1.29. The molecule has 0 aliphatic carbocycles. The largest absolute Gasteiger partial charge is 0.494 e. The first-order valence-corrected chi connectivity index (χ1v) is 6.04. The first-order chi connectivity index (χ1) is 7.88. The fourth-order valence-electron chi connectivity index (χ4n) is 2.00. The summed E-state index contributed by atoms with van der Waals surface area (Å²) in [5, 5.41) is 6.90. The predicted molar refractivity (Wildman–Crippen MR) is 65.7 cm³/mol. The summed E-state index contributed by atoms with van der Waals surface area (Å²) in [4.78, 5) is 0. The first-order valence-electron chi connectivity index (χ1n) is 6.04. The minimum atomic E-state index is 0.621. The molecule has 1 saturated heterocycles. The van der Waals surface area contributed by atoms with Crippen LogP contribution in [0.15, 0.2) is 24.3 Å².